The normalized spacial score (nSPS) is 14.8. The third-order valence-corrected chi connectivity index (χ3v) is 3.46. The van der Waals surface area contributed by atoms with E-state index < -0.39 is 0 Å². The van der Waals surface area contributed by atoms with E-state index in [0.29, 0.717) is 24.8 Å². The summed E-state index contributed by atoms with van der Waals surface area (Å²) < 4.78 is 4.03. The third kappa shape index (κ3) is 2.85. The van der Waals surface area contributed by atoms with Gasteiger partial charge in [-0.3, -0.25) is 4.79 Å². The highest BCUT2D eigenvalue weighted by Gasteiger charge is 2.22. The van der Waals surface area contributed by atoms with Crippen molar-refractivity contribution in [2.45, 2.75) is 32.2 Å². The summed E-state index contributed by atoms with van der Waals surface area (Å²) >= 11 is 1.34. The molecule has 88 valence electrons. The van der Waals surface area contributed by atoms with E-state index in [2.05, 4.69) is 15.0 Å². The highest BCUT2D eigenvalue weighted by molar-refractivity contribution is 7.10. The molecule has 2 rings (SSSR count). The van der Waals surface area contributed by atoms with E-state index in [1.54, 1.807) is 0 Å². The molecule has 1 aromatic heterocycles. The van der Waals surface area contributed by atoms with Crippen LogP contribution in [-0.2, 0) is 4.79 Å². The number of amides is 1. The maximum atomic E-state index is 11.4. The average Bonchev–Trinajstić information content (AvgIpc) is 3.00. The first-order valence-corrected chi connectivity index (χ1v) is 6.19. The molecule has 1 aromatic rings. The molecule has 6 heteroatoms. The number of carbonyl (C=O) groups is 1. The quantitative estimate of drug-likeness (QED) is 0.720. The van der Waals surface area contributed by atoms with Gasteiger partial charge in [0.05, 0.1) is 0 Å². The van der Waals surface area contributed by atoms with Crippen molar-refractivity contribution in [1.82, 2.24) is 9.69 Å². The fraction of sp³-hybridized carbons (Fsp3) is 0.600. The van der Waals surface area contributed by atoms with Crippen LogP contribution >= 0.6 is 11.5 Å². The Balaban J connectivity index is 1.70. The molecular formula is C10H16N4OS. The Kier molecular flexibility index (Phi) is 3.28. The summed E-state index contributed by atoms with van der Waals surface area (Å²) in [6.45, 7) is 2.55. The molecule has 16 heavy (non-hydrogen) atoms. The molecule has 0 saturated heterocycles. The van der Waals surface area contributed by atoms with Crippen molar-refractivity contribution in [2.75, 3.05) is 17.6 Å². The summed E-state index contributed by atoms with van der Waals surface area (Å²) in [4.78, 5) is 11.4. The van der Waals surface area contributed by atoms with Crippen LogP contribution in [0, 0.1) is 6.92 Å². The smallest absolute Gasteiger partial charge is 0.221 e. The number of nitrogens with two attached hydrogens (primary N) is 1. The minimum Gasteiger partial charge on any atom is -0.383 e. The lowest BCUT2D eigenvalue weighted by Gasteiger charge is -2.05. The van der Waals surface area contributed by atoms with E-state index in [-0.39, 0.29) is 5.91 Å². The molecule has 5 nitrogen and oxygen atoms in total. The second-order valence-electron chi connectivity index (χ2n) is 4.04. The van der Waals surface area contributed by atoms with Gasteiger partial charge in [-0.25, -0.2) is 0 Å². The van der Waals surface area contributed by atoms with Crippen LogP contribution in [0.2, 0.25) is 0 Å². The van der Waals surface area contributed by atoms with Gasteiger partial charge in [0.15, 0.2) is 0 Å². The number of nitrogens with one attached hydrogen (secondary N) is 2. The minimum absolute atomic E-state index is 0.116. The molecule has 0 bridgehead atoms. The van der Waals surface area contributed by atoms with Gasteiger partial charge >= 0.3 is 0 Å². The second kappa shape index (κ2) is 4.69. The maximum Gasteiger partial charge on any atom is 0.221 e. The molecule has 1 aliphatic rings. The fourth-order valence-electron chi connectivity index (χ4n) is 1.33. The molecule has 1 heterocycles. The van der Waals surface area contributed by atoms with E-state index in [1.165, 1.54) is 11.5 Å². The highest BCUT2D eigenvalue weighted by Crippen LogP contribution is 2.25. The molecule has 1 amide bonds. The van der Waals surface area contributed by atoms with Crippen molar-refractivity contribution in [3.63, 3.8) is 0 Å². The summed E-state index contributed by atoms with van der Waals surface area (Å²) in [6, 6.07) is 0.438. The second-order valence-corrected chi connectivity index (χ2v) is 4.81. The highest BCUT2D eigenvalue weighted by atomic mass is 32.1. The molecule has 0 radical (unpaired) electrons. The maximum absolute atomic E-state index is 11.4. The number of rotatable bonds is 5. The summed E-state index contributed by atoms with van der Waals surface area (Å²) in [6.07, 6.45) is 2.75. The lowest BCUT2D eigenvalue weighted by molar-refractivity contribution is -0.120. The Labute approximate surface area is 98.6 Å². The zero-order valence-corrected chi connectivity index (χ0v) is 10.1. The van der Waals surface area contributed by atoms with Crippen LogP contribution in [0.1, 0.15) is 24.8 Å². The molecule has 1 aliphatic carbocycles. The molecule has 4 N–H and O–H groups in total. The average molecular weight is 240 g/mol. The Morgan fingerprint density at radius 2 is 2.38 bits per heavy atom. The largest absolute Gasteiger partial charge is 0.383 e. The Morgan fingerprint density at radius 1 is 1.62 bits per heavy atom. The van der Waals surface area contributed by atoms with E-state index in [4.69, 9.17) is 5.73 Å². The van der Waals surface area contributed by atoms with Crippen LogP contribution in [0.25, 0.3) is 0 Å². The van der Waals surface area contributed by atoms with Crippen LogP contribution in [0.5, 0.6) is 0 Å². The van der Waals surface area contributed by atoms with Crippen molar-refractivity contribution in [2.24, 2.45) is 0 Å². The molecule has 1 saturated carbocycles. The Morgan fingerprint density at radius 3 is 2.94 bits per heavy atom. The molecular weight excluding hydrogens is 224 g/mol. The van der Waals surface area contributed by atoms with Gasteiger partial charge in [0.1, 0.15) is 10.8 Å². The first kappa shape index (κ1) is 11.2. The van der Waals surface area contributed by atoms with Crippen molar-refractivity contribution in [1.29, 1.82) is 0 Å². The van der Waals surface area contributed by atoms with E-state index in [1.807, 2.05) is 6.92 Å². The summed E-state index contributed by atoms with van der Waals surface area (Å²) in [7, 11) is 0. The van der Waals surface area contributed by atoms with E-state index in [9.17, 15) is 4.79 Å². The lowest BCUT2D eigenvalue weighted by Crippen LogP contribution is -2.27. The Bertz CT molecular complexity index is 386. The van der Waals surface area contributed by atoms with Gasteiger partial charge in [0.25, 0.3) is 0 Å². The van der Waals surface area contributed by atoms with Gasteiger partial charge in [-0.2, -0.15) is 4.37 Å². The van der Waals surface area contributed by atoms with Crippen LogP contribution in [0.15, 0.2) is 0 Å². The predicted octanol–water partition coefficient (Wildman–Crippen LogP) is 1.11. The molecule has 0 unspecified atom stereocenters. The molecule has 1 fully saturated rings. The van der Waals surface area contributed by atoms with Crippen LogP contribution in [-0.4, -0.2) is 22.9 Å². The first-order valence-electron chi connectivity index (χ1n) is 5.42. The standard InChI is InChI=1S/C10H16N4OS/c1-6-9(11)14-16-10(6)12-5-4-8(15)13-7-2-3-7/h7,12H,2-5H2,1H3,(H2,11,14)(H,13,15). The van der Waals surface area contributed by atoms with E-state index in [0.717, 1.165) is 23.4 Å². The molecule has 0 atom stereocenters. The number of carbonyl (C=O) groups excluding carboxylic acids is 1. The van der Waals surface area contributed by atoms with Gasteiger partial charge in [0, 0.05) is 24.6 Å². The zero-order chi connectivity index (χ0) is 11.5. The van der Waals surface area contributed by atoms with Gasteiger partial charge in [-0.15, -0.1) is 0 Å². The van der Waals surface area contributed by atoms with E-state index >= 15 is 0 Å². The number of nitrogens with zero attached hydrogens (tertiary/aromatic N) is 1. The number of hydrogen-bond donors (Lipinski definition) is 3. The lowest BCUT2D eigenvalue weighted by atomic mass is 10.3. The van der Waals surface area contributed by atoms with Gasteiger partial charge in [0.2, 0.25) is 5.91 Å². The van der Waals surface area contributed by atoms with Crippen LogP contribution in [0.4, 0.5) is 10.8 Å². The third-order valence-electron chi connectivity index (χ3n) is 2.54. The first-order chi connectivity index (χ1) is 7.66. The van der Waals surface area contributed by atoms with Gasteiger partial charge < -0.3 is 16.4 Å². The molecule has 0 aliphatic heterocycles. The summed E-state index contributed by atoms with van der Waals surface area (Å²) in [5.41, 5.74) is 6.59. The SMILES string of the molecule is Cc1c(N)nsc1NCCC(=O)NC1CC1. The van der Waals surface area contributed by atoms with Gasteiger partial charge in [-0.1, -0.05) is 0 Å². The van der Waals surface area contributed by atoms with Crippen molar-refractivity contribution >= 4 is 28.3 Å². The zero-order valence-electron chi connectivity index (χ0n) is 9.25. The molecule has 0 aromatic carbocycles. The number of anilines is 2. The number of nitrogen functional groups attached to an aromatic ring is 1. The van der Waals surface area contributed by atoms with Gasteiger partial charge in [-0.05, 0) is 31.3 Å². The van der Waals surface area contributed by atoms with Crippen LogP contribution < -0.4 is 16.4 Å². The van der Waals surface area contributed by atoms with Crippen LogP contribution in [0.3, 0.4) is 0 Å². The number of hydrogen-bond acceptors (Lipinski definition) is 5. The predicted molar refractivity (Wildman–Crippen MR) is 65.5 cm³/mol. The topological polar surface area (TPSA) is 80.0 Å². The Hall–Kier alpha value is -1.30. The number of aromatic nitrogens is 1. The fourth-order valence-corrected chi connectivity index (χ4v) is 2.06. The minimum atomic E-state index is 0.116. The summed E-state index contributed by atoms with van der Waals surface area (Å²) in [5, 5.41) is 7.07. The van der Waals surface area contributed by atoms with Crippen molar-refractivity contribution in [3.8, 4) is 0 Å². The molecule has 0 spiro atoms. The van der Waals surface area contributed by atoms with Crippen molar-refractivity contribution < 1.29 is 4.79 Å². The summed E-state index contributed by atoms with van der Waals surface area (Å²) in [5.74, 6) is 0.681. The van der Waals surface area contributed by atoms with Crippen molar-refractivity contribution in [3.05, 3.63) is 5.56 Å². The monoisotopic (exact) mass is 240 g/mol.